The van der Waals surface area contributed by atoms with Gasteiger partial charge in [-0.15, -0.1) is 0 Å². The second-order valence-electron chi connectivity index (χ2n) is 8.20. The molecule has 3 amide bonds. The molecule has 0 spiro atoms. The number of aromatic nitrogens is 1. The minimum Gasteiger partial charge on any atom is -0.480 e. The monoisotopic (exact) mass is 459 g/mol. The third kappa shape index (κ3) is 5.68. The van der Waals surface area contributed by atoms with E-state index in [0.717, 1.165) is 16.5 Å². The van der Waals surface area contributed by atoms with Crippen LogP contribution in [-0.2, 0) is 25.6 Å². The third-order valence-corrected chi connectivity index (χ3v) is 5.79. The number of nitrogens with one attached hydrogen (secondary N) is 3. The molecule has 3 rings (SSSR count). The first-order chi connectivity index (χ1) is 15.7. The summed E-state index contributed by atoms with van der Waals surface area (Å²) in [4.78, 5) is 53.3. The number of H-pyrrole nitrogens is 1. The summed E-state index contributed by atoms with van der Waals surface area (Å²) in [5.41, 5.74) is 7.86. The van der Waals surface area contributed by atoms with Gasteiger partial charge in [0.2, 0.25) is 17.7 Å². The summed E-state index contributed by atoms with van der Waals surface area (Å²) in [5.74, 6) is -2.99. The summed E-state index contributed by atoms with van der Waals surface area (Å²) in [5, 5.41) is 24.5. The number of aliphatic hydroxyl groups excluding tert-OH is 1. The van der Waals surface area contributed by atoms with Crippen molar-refractivity contribution in [3.8, 4) is 0 Å². The highest BCUT2D eigenvalue weighted by molar-refractivity contribution is 5.93. The molecule has 0 bridgehead atoms. The quantitative estimate of drug-likeness (QED) is 0.281. The van der Waals surface area contributed by atoms with Crippen LogP contribution in [0.2, 0.25) is 0 Å². The van der Waals surface area contributed by atoms with Crippen molar-refractivity contribution in [3.05, 3.63) is 36.0 Å². The van der Waals surface area contributed by atoms with Gasteiger partial charge in [-0.1, -0.05) is 18.2 Å². The van der Waals surface area contributed by atoms with Crippen LogP contribution in [0.5, 0.6) is 0 Å². The first-order valence-electron chi connectivity index (χ1n) is 10.8. The Morgan fingerprint density at radius 3 is 2.70 bits per heavy atom. The Kier molecular flexibility index (Phi) is 7.67. The summed E-state index contributed by atoms with van der Waals surface area (Å²) in [6.07, 6.45) is 1.71. The van der Waals surface area contributed by atoms with Gasteiger partial charge in [-0.2, -0.15) is 0 Å². The van der Waals surface area contributed by atoms with Crippen molar-refractivity contribution < 1.29 is 29.4 Å². The maximum atomic E-state index is 12.7. The highest BCUT2D eigenvalue weighted by Crippen LogP contribution is 2.19. The molecule has 11 nitrogen and oxygen atoms in total. The van der Waals surface area contributed by atoms with Crippen molar-refractivity contribution in [2.75, 3.05) is 13.1 Å². The average Bonchev–Trinajstić information content (AvgIpc) is 3.42. The maximum absolute atomic E-state index is 12.7. The van der Waals surface area contributed by atoms with Gasteiger partial charge in [-0.05, 0) is 37.8 Å². The molecule has 178 valence electrons. The van der Waals surface area contributed by atoms with Crippen LogP contribution >= 0.6 is 0 Å². The molecule has 1 saturated heterocycles. The highest BCUT2D eigenvalue weighted by atomic mass is 16.4. The lowest BCUT2D eigenvalue weighted by atomic mass is 10.1. The van der Waals surface area contributed by atoms with Gasteiger partial charge in [0.1, 0.15) is 6.04 Å². The molecule has 11 heteroatoms. The second kappa shape index (κ2) is 10.5. The van der Waals surface area contributed by atoms with E-state index < -0.39 is 47.9 Å². The van der Waals surface area contributed by atoms with E-state index in [1.165, 1.54) is 11.8 Å². The van der Waals surface area contributed by atoms with Crippen molar-refractivity contribution in [1.29, 1.82) is 0 Å². The number of aliphatic hydroxyl groups is 1. The summed E-state index contributed by atoms with van der Waals surface area (Å²) in [6, 6.07) is 4.45. The lowest BCUT2D eigenvalue weighted by Crippen LogP contribution is -2.55. The van der Waals surface area contributed by atoms with Gasteiger partial charge in [0.05, 0.1) is 18.7 Å². The molecule has 1 aliphatic heterocycles. The second-order valence-corrected chi connectivity index (χ2v) is 8.20. The van der Waals surface area contributed by atoms with Crippen LogP contribution in [0.1, 0.15) is 25.3 Å². The number of nitrogens with zero attached hydrogens (tertiary/aromatic N) is 1. The van der Waals surface area contributed by atoms with Gasteiger partial charge >= 0.3 is 5.97 Å². The van der Waals surface area contributed by atoms with Crippen LogP contribution in [0.3, 0.4) is 0 Å². The maximum Gasteiger partial charge on any atom is 0.328 e. The molecule has 2 aromatic rings. The van der Waals surface area contributed by atoms with Gasteiger partial charge in [0.25, 0.3) is 0 Å². The fourth-order valence-electron chi connectivity index (χ4n) is 4.00. The molecule has 4 unspecified atom stereocenters. The Bertz CT molecular complexity index is 1040. The van der Waals surface area contributed by atoms with Crippen molar-refractivity contribution in [2.45, 2.75) is 50.4 Å². The molecule has 1 aliphatic rings. The number of aromatic amines is 1. The first-order valence-corrected chi connectivity index (χ1v) is 10.8. The number of carboxylic acid groups (broad SMARTS) is 1. The van der Waals surface area contributed by atoms with Crippen molar-refractivity contribution in [3.63, 3.8) is 0 Å². The van der Waals surface area contributed by atoms with Crippen LogP contribution in [-0.4, -0.2) is 81.1 Å². The molecule has 0 radical (unpaired) electrons. The number of fused-ring (bicyclic) bond motifs is 1. The third-order valence-electron chi connectivity index (χ3n) is 5.79. The fraction of sp³-hybridized carbons (Fsp3) is 0.455. The molecule has 7 N–H and O–H groups in total. The normalized spacial score (nSPS) is 18.5. The van der Waals surface area contributed by atoms with E-state index in [1.54, 1.807) is 6.20 Å². The summed E-state index contributed by atoms with van der Waals surface area (Å²) in [6.45, 7) is 1.23. The predicted molar refractivity (Wildman–Crippen MR) is 119 cm³/mol. The summed E-state index contributed by atoms with van der Waals surface area (Å²) >= 11 is 0. The molecule has 4 atom stereocenters. The minimum absolute atomic E-state index is 0.286. The Hall–Kier alpha value is -3.44. The SMILES string of the molecule is CC(O)C(NC(=O)C1CCCN1C(=O)CNC(=O)C(N)Cc1c[nH]c2ccccc12)C(=O)O. The summed E-state index contributed by atoms with van der Waals surface area (Å²) < 4.78 is 0. The molecule has 33 heavy (non-hydrogen) atoms. The van der Waals surface area contributed by atoms with Gasteiger partial charge in [-0.25, -0.2) is 4.79 Å². The van der Waals surface area contributed by atoms with Gasteiger partial charge < -0.3 is 36.5 Å². The molecule has 0 saturated carbocycles. The number of carbonyl (C=O) groups is 4. The number of aliphatic carboxylic acids is 1. The number of benzene rings is 1. The zero-order valence-corrected chi connectivity index (χ0v) is 18.3. The van der Waals surface area contributed by atoms with Gasteiger partial charge in [0, 0.05) is 23.6 Å². The molecule has 0 aliphatic carbocycles. The number of likely N-dealkylation sites (tertiary alicyclic amines) is 1. The van der Waals surface area contributed by atoms with Crippen LogP contribution < -0.4 is 16.4 Å². The van der Waals surface area contributed by atoms with Crippen molar-refractivity contribution in [1.82, 2.24) is 20.5 Å². The lowest BCUT2D eigenvalue weighted by molar-refractivity contribution is -0.146. The Morgan fingerprint density at radius 1 is 1.27 bits per heavy atom. The molecule has 1 aromatic heterocycles. The zero-order valence-electron chi connectivity index (χ0n) is 18.3. The smallest absolute Gasteiger partial charge is 0.328 e. The molecule has 1 aromatic carbocycles. The standard InChI is InChI=1S/C22H29N5O6/c1-12(28)19(22(32)33)26-21(31)17-7-4-8-27(17)18(29)11-25-20(30)15(23)9-13-10-24-16-6-3-2-5-14(13)16/h2-3,5-6,10,12,15,17,19,24,28H,4,7-9,11,23H2,1H3,(H,25,30)(H,26,31)(H,32,33). The van der Waals surface area contributed by atoms with Crippen molar-refractivity contribution >= 4 is 34.6 Å². The predicted octanol–water partition coefficient (Wildman–Crippen LogP) is -0.905. The first kappa shape index (κ1) is 24.2. The molecule has 2 heterocycles. The number of nitrogens with two attached hydrogens (primary N) is 1. The van der Waals surface area contributed by atoms with E-state index in [4.69, 9.17) is 10.8 Å². The Balaban J connectivity index is 1.53. The number of amides is 3. The van der Waals surface area contributed by atoms with Gasteiger partial charge in [-0.3, -0.25) is 14.4 Å². The largest absolute Gasteiger partial charge is 0.480 e. The molecule has 1 fully saturated rings. The van der Waals surface area contributed by atoms with Crippen LogP contribution in [0.4, 0.5) is 0 Å². The Labute approximate surface area is 190 Å². The van der Waals surface area contributed by atoms with Crippen LogP contribution in [0.25, 0.3) is 10.9 Å². The zero-order chi connectivity index (χ0) is 24.1. The topological polar surface area (TPSA) is 178 Å². The number of carboxylic acids is 1. The van der Waals surface area contributed by atoms with E-state index in [1.807, 2.05) is 24.3 Å². The van der Waals surface area contributed by atoms with E-state index in [2.05, 4.69) is 15.6 Å². The highest BCUT2D eigenvalue weighted by Gasteiger charge is 2.36. The average molecular weight is 460 g/mol. The fourth-order valence-corrected chi connectivity index (χ4v) is 4.00. The van der Waals surface area contributed by atoms with E-state index >= 15 is 0 Å². The summed E-state index contributed by atoms with van der Waals surface area (Å²) in [7, 11) is 0. The number of carbonyl (C=O) groups excluding carboxylic acids is 3. The minimum atomic E-state index is -1.47. The molecular weight excluding hydrogens is 430 g/mol. The van der Waals surface area contributed by atoms with Crippen LogP contribution in [0.15, 0.2) is 30.5 Å². The number of hydrogen-bond acceptors (Lipinski definition) is 6. The van der Waals surface area contributed by atoms with E-state index in [0.29, 0.717) is 19.4 Å². The number of rotatable bonds is 9. The number of para-hydroxylation sites is 1. The lowest BCUT2D eigenvalue weighted by Gasteiger charge is -2.26. The van der Waals surface area contributed by atoms with Crippen molar-refractivity contribution in [2.24, 2.45) is 5.73 Å². The van der Waals surface area contributed by atoms with E-state index in [-0.39, 0.29) is 13.0 Å². The van der Waals surface area contributed by atoms with E-state index in [9.17, 15) is 24.3 Å². The molecular formula is C22H29N5O6. The van der Waals surface area contributed by atoms with Gasteiger partial charge in [0.15, 0.2) is 6.04 Å². The van der Waals surface area contributed by atoms with Crippen LogP contribution in [0, 0.1) is 0 Å². The Morgan fingerprint density at radius 2 is 2.00 bits per heavy atom. The number of hydrogen-bond donors (Lipinski definition) is 6.